The molecule has 0 fully saturated rings. The van der Waals surface area contributed by atoms with Crippen molar-refractivity contribution >= 4 is 20.3 Å². The van der Waals surface area contributed by atoms with E-state index in [1.807, 2.05) is 26.8 Å². The zero-order valence-electron chi connectivity index (χ0n) is 22.0. The van der Waals surface area contributed by atoms with Gasteiger partial charge in [-0.05, 0) is 34.2 Å². The topological polar surface area (TPSA) is 61.8 Å². The minimum atomic E-state index is -2.03. The monoisotopic (exact) mass is 464 g/mol. The molecule has 0 heterocycles. The van der Waals surface area contributed by atoms with E-state index in [4.69, 9.17) is 13.9 Å². The molecule has 0 saturated carbocycles. The maximum atomic E-state index is 12.6. The van der Waals surface area contributed by atoms with E-state index in [0.717, 1.165) is 0 Å². The number of rotatable bonds is 10. The molecule has 6 heteroatoms. The lowest BCUT2D eigenvalue weighted by atomic mass is 9.81. The number of ether oxygens (including phenoxy) is 2. The van der Waals surface area contributed by atoms with Crippen molar-refractivity contribution in [1.82, 2.24) is 0 Å². The van der Waals surface area contributed by atoms with E-state index >= 15 is 0 Å². The standard InChI is InChI=1S/C26H44O5Si/c1-20(2)32(21(3)4,22(5)6)31-19-15-14-18-26(23(27)29-10,24(28)30-11)17-13-12-16-25(7,8)9/h13,16,20-22H,17-19H2,1-11H3. The number of allylic oxidation sites excluding steroid dienone is 1. The molecule has 0 aromatic carbocycles. The van der Waals surface area contributed by atoms with Gasteiger partial charge in [0.05, 0.1) is 20.8 Å². The first-order chi connectivity index (χ1) is 14.7. The van der Waals surface area contributed by atoms with Crippen LogP contribution in [0.4, 0.5) is 0 Å². The lowest BCUT2D eigenvalue weighted by molar-refractivity contribution is -0.168. The molecule has 0 amide bonds. The number of hydrogen-bond acceptors (Lipinski definition) is 5. The molecule has 0 saturated heterocycles. The van der Waals surface area contributed by atoms with E-state index in [0.29, 0.717) is 16.6 Å². The Morgan fingerprint density at radius 3 is 1.72 bits per heavy atom. The van der Waals surface area contributed by atoms with Crippen LogP contribution in [-0.2, 0) is 23.5 Å². The predicted octanol–water partition coefficient (Wildman–Crippen LogP) is 6.05. The highest BCUT2D eigenvalue weighted by Crippen LogP contribution is 2.42. The molecule has 182 valence electrons. The Morgan fingerprint density at radius 1 is 0.875 bits per heavy atom. The smallest absolute Gasteiger partial charge is 0.324 e. The van der Waals surface area contributed by atoms with Gasteiger partial charge in [-0.1, -0.05) is 74.2 Å². The Labute approximate surface area is 197 Å². The molecule has 0 aliphatic heterocycles. The molecule has 0 N–H and O–H groups in total. The summed E-state index contributed by atoms with van der Waals surface area (Å²) in [4.78, 5) is 25.3. The summed E-state index contributed by atoms with van der Waals surface area (Å²) in [5.74, 6) is 4.70. The summed E-state index contributed by atoms with van der Waals surface area (Å²) in [6.07, 6.45) is 3.64. The summed E-state index contributed by atoms with van der Waals surface area (Å²) in [6.45, 7) is 19.7. The van der Waals surface area contributed by atoms with Crippen LogP contribution in [0.3, 0.4) is 0 Å². The summed E-state index contributed by atoms with van der Waals surface area (Å²) in [5, 5.41) is 0. The zero-order chi connectivity index (χ0) is 25.2. The lowest BCUT2D eigenvalue weighted by Crippen LogP contribution is -2.47. The van der Waals surface area contributed by atoms with Crippen LogP contribution in [0.5, 0.6) is 0 Å². The molecule has 0 aromatic rings. The average molecular weight is 465 g/mol. The fourth-order valence-electron chi connectivity index (χ4n) is 4.32. The second-order valence-electron chi connectivity index (χ2n) is 10.3. The molecule has 32 heavy (non-hydrogen) atoms. The fraction of sp³-hybridized carbons (Fsp3) is 0.731. The van der Waals surface area contributed by atoms with Gasteiger partial charge in [-0.3, -0.25) is 9.59 Å². The second kappa shape index (κ2) is 13.0. The Balaban J connectivity index is 5.79. The van der Waals surface area contributed by atoms with Gasteiger partial charge in [0, 0.05) is 12.8 Å². The van der Waals surface area contributed by atoms with Crippen molar-refractivity contribution in [3.63, 3.8) is 0 Å². The number of esters is 2. The van der Waals surface area contributed by atoms with Gasteiger partial charge in [-0.25, -0.2) is 0 Å². The molecule has 5 nitrogen and oxygen atoms in total. The van der Waals surface area contributed by atoms with Crippen molar-refractivity contribution < 1.29 is 23.5 Å². The van der Waals surface area contributed by atoms with Gasteiger partial charge in [0.2, 0.25) is 8.32 Å². The highest BCUT2D eigenvalue weighted by Gasteiger charge is 2.47. The van der Waals surface area contributed by atoms with Crippen molar-refractivity contribution in [2.24, 2.45) is 10.8 Å². The highest BCUT2D eigenvalue weighted by atomic mass is 28.4. The van der Waals surface area contributed by atoms with Crippen LogP contribution >= 0.6 is 0 Å². The molecule has 0 rings (SSSR count). The van der Waals surface area contributed by atoms with Crippen LogP contribution in [0.15, 0.2) is 17.9 Å². The highest BCUT2D eigenvalue weighted by molar-refractivity contribution is 6.77. The van der Waals surface area contributed by atoms with Crippen molar-refractivity contribution in [2.75, 3.05) is 20.8 Å². The largest absolute Gasteiger partial charge is 0.468 e. The first-order valence-electron chi connectivity index (χ1n) is 11.4. The van der Waals surface area contributed by atoms with Crippen LogP contribution in [0.2, 0.25) is 16.6 Å². The third-order valence-electron chi connectivity index (χ3n) is 5.85. The van der Waals surface area contributed by atoms with Crippen molar-refractivity contribution in [1.29, 1.82) is 0 Å². The first kappa shape index (κ1) is 30.2. The van der Waals surface area contributed by atoms with Crippen molar-refractivity contribution in [3.8, 4) is 11.8 Å². The SMILES string of the molecule is COC(=O)C(CC#CCO[Si](C(C)C)(C(C)C)C(C)C)(CC=C=CC(C)(C)C)C(=O)OC. The van der Waals surface area contributed by atoms with Gasteiger partial charge in [-0.2, -0.15) is 0 Å². The molecule has 0 aliphatic rings. The summed E-state index contributed by atoms with van der Waals surface area (Å²) in [6, 6.07) is 0. The van der Waals surface area contributed by atoms with Crippen molar-refractivity contribution in [2.45, 2.75) is 91.8 Å². The molecular formula is C26H44O5Si. The Hall–Kier alpha value is -1.80. The molecule has 0 atom stereocenters. The average Bonchev–Trinajstić information content (AvgIpc) is 2.69. The van der Waals surface area contributed by atoms with Crippen LogP contribution in [0.25, 0.3) is 0 Å². The van der Waals surface area contributed by atoms with Gasteiger partial charge in [-0.15, -0.1) is 5.73 Å². The second-order valence-corrected chi connectivity index (χ2v) is 15.7. The van der Waals surface area contributed by atoms with Gasteiger partial charge < -0.3 is 13.9 Å². The summed E-state index contributed by atoms with van der Waals surface area (Å²) >= 11 is 0. The fourth-order valence-corrected chi connectivity index (χ4v) is 9.65. The quantitative estimate of drug-likeness (QED) is 0.129. The van der Waals surface area contributed by atoms with Gasteiger partial charge in [0.15, 0.2) is 5.41 Å². The van der Waals surface area contributed by atoms with E-state index < -0.39 is 25.7 Å². The van der Waals surface area contributed by atoms with E-state index in [1.54, 1.807) is 6.08 Å². The minimum absolute atomic E-state index is 0.0109. The molecule has 0 aromatic heterocycles. The van der Waals surface area contributed by atoms with E-state index in [9.17, 15) is 9.59 Å². The Kier molecular flexibility index (Phi) is 12.3. The molecule has 0 aliphatic carbocycles. The molecule has 0 unspecified atom stereocenters. The molecule has 0 radical (unpaired) electrons. The van der Waals surface area contributed by atoms with Crippen LogP contribution in [-0.4, -0.2) is 41.1 Å². The number of methoxy groups -OCH3 is 2. The van der Waals surface area contributed by atoms with Gasteiger partial charge in [0.1, 0.15) is 0 Å². The normalized spacial score (nSPS) is 12.2. The van der Waals surface area contributed by atoms with E-state index in [2.05, 4.69) is 59.1 Å². The number of carbonyl (C=O) groups is 2. The van der Waals surface area contributed by atoms with E-state index in [1.165, 1.54) is 14.2 Å². The number of carbonyl (C=O) groups excluding carboxylic acids is 2. The first-order valence-corrected chi connectivity index (χ1v) is 13.5. The maximum absolute atomic E-state index is 12.6. The molecular weight excluding hydrogens is 420 g/mol. The molecule has 0 bridgehead atoms. The maximum Gasteiger partial charge on any atom is 0.324 e. The molecule has 0 spiro atoms. The lowest BCUT2D eigenvalue weighted by Gasteiger charge is -2.41. The van der Waals surface area contributed by atoms with Crippen LogP contribution in [0.1, 0.15) is 75.2 Å². The summed E-state index contributed by atoms with van der Waals surface area (Å²) in [7, 11) is 0.495. The van der Waals surface area contributed by atoms with Crippen LogP contribution < -0.4 is 0 Å². The Morgan fingerprint density at radius 2 is 1.34 bits per heavy atom. The minimum Gasteiger partial charge on any atom is -0.468 e. The van der Waals surface area contributed by atoms with Crippen LogP contribution in [0, 0.1) is 22.7 Å². The van der Waals surface area contributed by atoms with E-state index in [-0.39, 0.29) is 24.9 Å². The number of hydrogen-bond donors (Lipinski definition) is 0. The van der Waals surface area contributed by atoms with Gasteiger partial charge >= 0.3 is 11.9 Å². The van der Waals surface area contributed by atoms with Gasteiger partial charge in [0.25, 0.3) is 0 Å². The Bertz CT molecular complexity index is 703. The zero-order valence-corrected chi connectivity index (χ0v) is 23.0. The van der Waals surface area contributed by atoms with Crippen molar-refractivity contribution in [3.05, 3.63) is 17.9 Å². The third-order valence-corrected chi connectivity index (χ3v) is 11.9. The summed E-state index contributed by atoms with van der Waals surface area (Å²) in [5.41, 5.74) is 2.83. The summed E-state index contributed by atoms with van der Waals surface area (Å²) < 4.78 is 16.4. The third kappa shape index (κ3) is 7.96. The predicted molar refractivity (Wildman–Crippen MR) is 133 cm³/mol.